The van der Waals surface area contributed by atoms with Gasteiger partial charge in [0.1, 0.15) is 0 Å². The maximum absolute atomic E-state index is 12.7. The highest BCUT2D eigenvalue weighted by atomic mass is 32.2. The van der Waals surface area contributed by atoms with Crippen molar-refractivity contribution in [2.75, 3.05) is 6.54 Å². The summed E-state index contributed by atoms with van der Waals surface area (Å²) in [5, 5.41) is 11.3. The van der Waals surface area contributed by atoms with Gasteiger partial charge < -0.3 is 10.4 Å². The first-order chi connectivity index (χ1) is 11.7. The topological polar surface area (TPSA) is 104 Å². The van der Waals surface area contributed by atoms with Crippen molar-refractivity contribution in [1.29, 1.82) is 0 Å². The van der Waals surface area contributed by atoms with Gasteiger partial charge in [-0.15, -0.1) is 0 Å². The first-order valence-corrected chi connectivity index (χ1v) is 9.80. The summed E-state index contributed by atoms with van der Waals surface area (Å²) in [4.78, 5) is 22.9. The summed E-state index contributed by atoms with van der Waals surface area (Å²) in [6, 6.07) is 5.20. The Labute approximate surface area is 148 Å². The molecule has 0 spiro atoms. The standard InChI is InChI=1S/C17H24N2O5S/c1-12(11-16(20)21)18-17(22)14-6-8-15(9-7-14)25(23,24)19-10-4-3-5-13(19)2/h6-9,12-13H,3-5,10-11H2,1-2H3,(H,18,22)(H,20,21). The number of carbonyl (C=O) groups is 2. The first kappa shape index (κ1) is 19.4. The zero-order valence-corrected chi connectivity index (χ0v) is 15.3. The molecule has 8 heteroatoms. The summed E-state index contributed by atoms with van der Waals surface area (Å²) in [5.74, 6) is -1.42. The summed E-state index contributed by atoms with van der Waals surface area (Å²) in [6.45, 7) is 4.02. The van der Waals surface area contributed by atoms with Crippen molar-refractivity contribution >= 4 is 21.9 Å². The van der Waals surface area contributed by atoms with Gasteiger partial charge >= 0.3 is 5.97 Å². The first-order valence-electron chi connectivity index (χ1n) is 8.36. The van der Waals surface area contributed by atoms with Crippen molar-refractivity contribution in [2.45, 2.75) is 56.5 Å². The van der Waals surface area contributed by atoms with Crippen LogP contribution in [-0.2, 0) is 14.8 Å². The van der Waals surface area contributed by atoms with E-state index in [4.69, 9.17) is 5.11 Å². The number of aliphatic carboxylic acids is 1. The highest BCUT2D eigenvalue weighted by molar-refractivity contribution is 7.89. The number of benzene rings is 1. The number of nitrogens with zero attached hydrogens (tertiary/aromatic N) is 1. The molecule has 1 amide bonds. The van der Waals surface area contributed by atoms with Crippen molar-refractivity contribution in [3.63, 3.8) is 0 Å². The maximum Gasteiger partial charge on any atom is 0.305 e. The average molecular weight is 368 g/mol. The smallest absolute Gasteiger partial charge is 0.305 e. The summed E-state index contributed by atoms with van der Waals surface area (Å²) in [6.07, 6.45) is 2.55. The normalized spacial score (nSPS) is 20.0. The van der Waals surface area contributed by atoms with E-state index in [1.54, 1.807) is 6.92 Å². The van der Waals surface area contributed by atoms with Crippen molar-refractivity contribution in [2.24, 2.45) is 0 Å². The van der Waals surface area contributed by atoms with Gasteiger partial charge in [0.15, 0.2) is 0 Å². The molecule has 138 valence electrons. The number of nitrogens with one attached hydrogen (secondary N) is 1. The summed E-state index contributed by atoms with van der Waals surface area (Å²) in [7, 11) is -3.57. The van der Waals surface area contributed by atoms with Crippen LogP contribution >= 0.6 is 0 Å². The maximum atomic E-state index is 12.7. The van der Waals surface area contributed by atoms with Gasteiger partial charge in [-0.25, -0.2) is 8.42 Å². The Bertz CT molecular complexity index is 730. The molecule has 1 aromatic rings. The van der Waals surface area contributed by atoms with Gasteiger partial charge in [0.05, 0.1) is 11.3 Å². The van der Waals surface area contributed by atoms with Crippen molar-refractivity contribution < 1.29 is 23.1 Å². The van der Waals surface area contributed by atoms with E-state index < -0.39 is 27.9 Å². The van der Waals surface area contributed by atoms with Crippen LogP contribution < -0.4 is 5.32 Å². The van der Waals surface area contributed by atoms with Gasteiger partial charge in [-0.1, -0.05) is 6.42 Å². The lowest BCUT2D eigenvalue weighted by Gasteiger charge is -2.32. The highest BCUT2D eigenvalue weighted by Gasteiger charge is 2.30. The molecule has 2 rings (SSSR count). The van der Waals surface area contributed by atoms with Crippen LogP contribution in [0.25, 0.3) is 0 Å². The number of amides is 1. The minimum atomic E-state index is -3.57. The monoisotopic (exact) mass is 368 g/mol. The molecule has 2 N–H and O–H groups in total. The zero-order chi connectivity index (χ0) is 18.6. The molecule has 1 saturated heterocycles. The lowest BCUT2D eigenvalue weighted by atomic mass is 10.1. The van der Waals surface area contributed by atoms with E-state index in [0.29, 0.717) is 12.1 Å². The van der Waals surface area contributed by atoms with E-state index in [-0.39, 0.29) is 17.4 Å². The fraction of sp³-hybridized carbons (Fsp3) is 0.529. The fourth-order valence-corrected chi connectivity index (χ4v) is 4.66. The average Bonchev–Trinajstić information content (AvgIpc) is 2.54. The summed E-state index contributed by atoms with van der Waals surface area (Å²) < 4.78 is 27.0. The molecular weight excluding hydrogens is 344 g/mol. The lowest BCUT2D eigenvalue weighted by Crippen LogP contribution is -2.41. The van der Waals surface area contributed by atoms with E-state index in [2.05, 4.69) is 5.32 Å². The predicted molar refractivity (Wildman–Crippen MR) is 92.8 cm³/mol. The third-order valence-corrected chi connectivity index (χ3v) is 6.35. The number of rotatable bonds is 6. The molecule has 0 saturated carbocycles. The SMILES string of the molecule is CC(CC(=O)O)NC(=O)c1ccc(S(=O)(=O)N2CCCCC2C)cc1. The molecule has 2 unspecified atom stereocenters. The number of carboxylic acid groups (broad SMARTS) is 1. The van der Waals surface area contributed by atoms with E-state index in [0.717, 1.165) is 19.3 Å². The molecule has 0 aromatic heterocycles. The number of sulfonamides is 1. The van der Waals surface area contributed by atoms with Crippen molar-refractivity contribution in [3.05, 3.63) is 29.8 Å². The van der Waals surface area contributed by atoms with Gasteiger partial charge in [0, 0.05) is 24.2 Å². The highest BCUT2D eigenvalue weighted by Crippen LogP contribution is 2.25. The number of carboxylic acids is 1. The zero-order valence-electron chi connectivity index (χ0n) is 14.4. The second-order valence-corrected chi connectivity index (χ2v) is 8.35. The number of hydrogen-bond acceptors (Lipinski definition) is 4. The van der Waals surface area contributed by atoms with Crippen molar-refractivity contribution in [1.82, 2.24) is 9.62 Å². The van der Waals surface area contributed by atoms with E-state index in [9.17, 15) is 18.0 Å². The lowest BCUT2D eigenvalue weighted by molar-refractivity contribution is -0.137. The third kappa shape index (κ3) is 4.79. The largest absolute Gasteiger partial charge is 0.481 e. The fourth-order valence-electron chi connectivity index (χ4n) is 2.96. The predicted octanol–water partition coefficient (Wildman–Crippen LogP) is 1.84. The molecule has 2 atom stereocenters. The molecule has 1 aliphatic heterocycles. The molecule has 0 aliphatic carbocycles. The van der Waals surface area contributed by atoms with Gasteiger partial charge in [-0.2, -0.15) is 4.31 Å². The van der Waals surface area contributed by atoms with Crippen LogP contribution in [0.3, 0.4) is 0 Å². The van der Waals surface area contributed by atoms with Crippen LogP contribution in [0.4, 0.5) is 0 Å². The van der Waals surface area contributed by atoms with Gasteiger partial charge in [-0.3, -0.25) is 9.59 Å². The van der Waals surface area contributed by atoms with Gasteiger partial charge in [0.25, 0.3) is 5.91 Å². The molecule has 0 radical (unpaired) electrons. The summed E-state index contributed by atoms with van der Waals surface area (Å²) >= 11 is 0. The molecule has 0 bridgehead atoms. The van der Waals surface area contributed by atoms with Crippen LogP contribution in [0.15, 0.2) is 29.2 Å². The molecule has 1 aliphatic rings. The molecule has 1 heterocycles. The van der Waals surface area contributed by atoms with Gasteiger partial charge in [0.2, 0.25) is 10.0 Å². The molecule has 7 nitrogen and oxygen atoms in total. The minimum absolute atomic E-state index is 0.0291. The quantitative estimate of drug-likeness (QED) is 0.797. The van der Waals surface area contributed by atoms with Crippen LogP contribution in [0, 0.1) is 0 Å². The van der Waals surface area contributed by atoms with Crippen LogP contribution in [0.5, 0.6) is 0 Å². The third-order valence-electron chi connectivity index (χ3n) is 4.32. The van der Waals surface area contributed by atoms with Crippen LogP contribution in [0.2, 0.25) is 0 Å². The van der Waals surface area contributed by atoms with E-state index in [1.807, 2.05) is 6.92 Å². The molecule has 25 heavy (non-hydrogen) atoms. The van der Waals surface area contributed by atoms with E-state index >= 15 is 0 Å². The Morgan fingerprint density at radius 3 is 2.48 bits per heavy atom. The summed E-state index contributed by atoms with van der Waals surface area (Å²) in [5.41, 5.74) is 0.294. The molecule has 1 fully saturated rings. The van der Waals surface area contributed by atoms with Crippen LogP contribution in [0.1, 0.15) is 49.9 Å². The van der Waals surface area contributed by atoms with E-state index in [1.165, 1.54) is 28.6 Å². The van der Waals surface area contributed by atoms with Crippen LogP contribution in [-0.4, -0.2) is 48.3 Å². The Morgan fingerprint density at radius 1 is 1.28 bits per heavy atom. The second-order valence-electron chi connectivity index (χ2n) is 6.46. The number of piperidine rings is 1. The Morgan fingerprint density at radius 2 is 1.92 bits per heavy atom. The van der Waals surface area contributed by atoms with Gasteiger partial charge in [-0.05, 0) is 51.0 Å². The second kappa shape index (κ2) is 7.97. The molecular formula is C17H24N2O5S. The minimum Gasteiger partial charge on any atom is -0.481 e. The number of hydrogen-bond donors (Lipinski definition) is 2. The number of carbonyl (C=O) groups excluding carboxylic acids is 1. The Balaban J connectivity index is 2.11. The Kier molecular flexibility index (Phi) is 6.18. The van der Waals surface area contributed by atoms with Crippen molar-refractivity contribution in [3.8, 4) is 0 Å². The molecule has 1 aromatic carbocycles. The Hall–Kier alpha value is -1.93.